The number of carbonyl (C=O) groups excluding carboxylic acids is 1. The number of hydrogen-bond acceptors (Lipinski definition) is 8. The summed E-state index contributed by atoms with van der Waals surface area (Å²) in [6.07, 6.45) is 11.6. The van der Waals surface area contributed by atoms with Gasteiger partial charge >= 0.3 is 0 Å². The van der Waals surface area contributed by atoms with Crippen LogP contribution >= 0.6 is 11.6 Å². The molecule has 11 heteroatoms. The van der Waals surface area contributed by atoms with Crippen molar-refractivity contribution in [3.05, 3.63) is 40.7 Å². The van der Waals surface area contributed by atoms with E-state index in [0.29, 0.717) is 13.2 Å². The Morgan fingerprint density at radius 2 is 1.60 bits per heavy atom. The first-order valence-corrected chi connectivity index (χ1v) is 14.9. The van der Waals surface area contributed by atoms with Crippen LogP contribution in [-0.4, -0.2) is 59.5 Å². The quantitative estimate of drug-likeness (QED) is 0.0889. The third-order valence-corrected chi connectivity index (χ3v) is 6.84. The second kappa shape index (κ2) is 19.0. The second-order valence-corrected chi connectivity index (χ2v) is 10.3. The SMILES string of the molecule is CCCCCCN(CCCCC)CCOc1ccc(CCCCNC(=N)NC(=O)c2nc(Cl)c(N)nc2N)cc1. The molecule has 1 heterocycles. The van der Waals surface area contributed by atoms with Crippen LogP contribution < -0.4 is 26.8 Å². The summed E-state index contributed by atoms with van der Waals surface area (Å²) in [5.41, 5.74) is 12.3. The molecular formula is C29H47ClN8O2. The van der Waals surface area contributed by atoms with Gasteiger partial charge in [0.05, 0.1) is 0 Å². The van der Waals surface area contributed by atoms with Crippen molar-refractivity contribution in [2.45, 2.75) is 78.1 Å². The smallest absolute Gasteiger partial charge is 0.280 e. The van der Waals surface area contributed by atoms with Crippen molar-refractivity contribution >= 4 is 35.1 Å². The van der Waals surface area contributed by atoms with E-state index in [-0.39, 0.29) is 28.4 Å². The summed E-state index contributed by atoms with van der Waals surface area (Å²) in [5.74, 6) is -0.125. The van der Waals surface area contributed by atoms with Gasteiger partial charge in [0, 0.05) is 13.1 Å². The molecule has 0 spiro atoms. The number of hydrogen-bond donors (Lipinski definition) is 5. The van der Waals surface area contributed by atoms with Gasteiger partial charge < -0.3 is 21.5 Å². The van der Waals surface area contributed by atoms with Gasteiger partial charge in [-0.25, -0.2) is 9.97 Å². The number of aromatic nitrogens is 2. The number of guanidine groups is 1. The molecule has 222 valence electrons. The predicted molar refractivity (Wildman–Crippen MR) is 164 cm³/mol. The Hall–Kier alpha value is -3.11. The number of nitrogens with one attached hydrogen (secondary N) is 3. The first kappa shape index (κ1) is 33.1. The Morgan fingerprint density at radius 1 is 0.925 bits per heavy atom. The summed E-state index contributed by atoms with van der Waals surface area (Å²) in [7, 11) is 0. The van der Waals surface area contributed by atoms with Gasteiger partial charge in [-0.3, -0.25) is 20.4 Å². The minimum absolute atomic E-state index is 0.0564. The minimum atomic E-state index is -0.678. The average Bonchev–Trinajstić information content (AvgIpc) is 2.93. The number of aryl methyl sites for hydroxylation is 1. The maximum absolute atomic E-state index is 12.3. The number of nitrogen functional groups attached to an aromatic ring is 2. The molecule has 0 aliphatic carbocycles. The zero-order chi connectivity index (χ0) is 29.2. The molecular weight excluding hydrogens is 528 g/mol. The number of amides is 1. The highest BCUT2D eigenvalue weighted by Gasteiger charge is 2.17. The number of halogens is 1. The zero-order valence-electron chi connectivity index (χ0n) is 24.1. The van der Waals surface area contributed by atoms with E-state index in [2.05, 4.69) is 51.5 Å². The molecule has 1 aromatic carbocycles. The number of carbonyl (C=O) groups is 1. The Morgan fingerprint density at radius 3 is 2.30 bits per heavy atom. The molecule has 10 nitrogen and oxygen atoms in total. The van der Waals surface area contributed by atoms with Gasteiger partial charge in [0.15, 0.2) is 28.4 Å². The van der Waals surface area contributed by atoms with E-state index in [0.717, 1.165) is 44.6 Å². The molecule has 0 radical (unpaired) electrons. The highest BCUT2D eigenvalue weighted by Crippen LogP contribution is 2.17. The lowest BCUT2D eigenvalue weighted by atomic mass is 10.1. The minimum Gasteiger partial charge on any atom is -0.492 e. The van der Waals surface area contributed by atoms with E-state index < -0.39 is 5.91 Å². The van der Waals surface area contributed by atoms with Gasteiger partial charge in [-0.05, 0) is 62.9 Å². The number of unbranched alkanes of at least 4 members (excludes halogenated alkanes) is 6. The van der Waals surface area contributed by atoms with E-state index >= 15 is 0 Å². The summed E-state index contributed by atoms with van der Waals surface area (Å²) in [6, 6.07) is 8.30. The Bertz CT molecular complexity index is 1040. The van der Waals surface area contributed by atoms with Crippen molar-refractivity contribution in [2.75, 3.05) is 44.3 Å². The lowest BCUT2D eigenvalue weighted by Crippen LogP contribution is -2.41. The van der Waals surface area contributed by atoms with Crippen LogP contribution in [-0.2, 0) is 6.42 Å². The first-order chi connectivity index (χ1) is 19.3. The van der Waals surface area contributed by atoms with E-state index in [1.165, 1.54) is 50.5 Å². The van der Waals surface area contributed by atoms with Crippen molar-refractivity contribution in [3.63, 3.8) is 0 Å². The highest BCUT2D eigenvalue weighted by molar-refractivity contribution is 6.31. The van der Waals surface area contributed by atoms with Crippen LogP contribution in [0.1, 0.15) is 87.7 Å². The highest BCUT2D eigenvalue weighted by atomic mass is 35.5. The van der Waals surface area contributed by atoms with Gasteiger partial charge in [-0.2, -0.15) is 0 Å². The van der Waals surface area contributed by atoms with E-state index in [1.54, 1.807) is 0 Å². The first-order valence-electron chi connectivity index (χ1n) is 14.5. The maximum Gasteiger partial charge on any atom is 0.280 e. The molecule has 0 aliphatic heterocycles. The fourth-order valence-electron chi connectivity index (χ4n) is 4.22. The summed E-state index contributed by atoms with van der Waals surface area (Å²) < 4.78 is 6.04. The van der Waals surface area contributed by atoms with Crippen LogP contribution in [0, 0.1) is 5.41 Å². The van der Waals surface area contributed by atoms with Crippen LogP contribution in [0.4, 0.5) is 11.6 Å². The molecule has 1 aromatic heterocycles. The molecule has 7 N–H and O–H groups in total. The molecule has 0 atom stereocenters. The standard InChI is InChI=1S/C29H47ClN8O2/c1-3-5-7-11-19-38(18-10-6-4-2)20-21-40-23-15-13-22(14-16-23)12-8-9-17-34-29(33)37-28(39)24-26(31)36-27(32)25(30)35-24/h13-16H,3-12,17-21H2,1-2H3,(H4,31,32,36)(H3,33,34,37,39). The molecule has 0 saturated carbocycles. The van der Waals surface area contributed by atoms with Crippen LogP contribution in [0.2, 0.25) is 5.15 Å². The third kappa shape index (κ3) is 12.8. The summed E-state index contributed by atoms with van der Waals surface area (Å²) in [5, 5.41) is 13.1. The van der Waals surface area contributed by atoms with Gasteiger partial charge in [-0.1, -0.05) is 69.7 Å². The Kier molecular flexibility index (Phi) is 15.8. The number of ether oxygens (including phenoxy) is 1. The fraction of sp³-hybridized carbons (Fsp3) is 0.586. The monoisotopic (exact) mass is 574 g/mol. The zero-order valence-corrected chi connectivity index (χ0v) is 24.9. The van der Waals surface area contributed by atoms with Crippen LogP contribution in [0.25, 0.3) is 0 Å². The number of nitrogens with two attached hydrogens (primary N) is 2. The molecule has 2 rings (SSSR count). The second-order valence-electron chi connectivity index (χ2n) is 9.95. The predicted octanol–water partition coefficient (Wildman–Crippen LogP) is 5.02. The van der Waals surface area contributed by atoms with Gasteiger partial charge in [-0.15, -0.1) is 0 Å². The topological polar surface area (TPSA) is 155 Å². The van der Waals surface area contributed by atoms with Gasteiger partial charge in [0.2, 0.25) is 0 Å². The lowest BCUT2D eigenvalue weighted by Gasteiger charge is -2.22. The molecule has 40 heavy (non-hydrogen) atoms. The Balaban J connectivity index is 1.64. The van der Waals surface area contributed by atoms with E-state index in [1.807, 2.05) is 12.1 Å². The van der Waals surface area contributed by atoms with Crippen molar-refractivity contribution in [1.29, 1.82) is 5.41 Å². The molecule has 0 unspecified atom stereocenters. The third-order valence-electron chi connectivity index (χ3n) is 6.56. The van der Waals surface area contributed by atoms with E-state index in [4.69, 9.17) is 33.2 Å². The Labute approximate surface area is 244 Å². The summed E-state index contributed by atoms with van der Waals surface area (Å²) >= 11 is 5.81. The molecule has 0 aliphatic rings. The average molecular weight is 575 g/mol. The molecule has 0 fully saturated rings. The molecule has 0 bridgehead atoms. The van der Waals surface area contributed by atoms with Crippen LogP contribution in [0.5, 0.6) is 5.75 Å². The van der Waals surface area contributed by atoms with Gasteiger partial charge in [0.1, 0.15) is 12.4 Å². The molecule has 0 saturated heterocycles. The maximum atomic E-state index is 12.3. The normalized spacial score (nSPS) is 11.0. The van der Waals surface area contributed by atoms with Gasteiger partial charge in [0.25, 0.3) is 5.91 Å². The van der Waals surface area contributed by atoms with Crippen molar-refractivity contribution in [2.24, 2.45) is 0 Å². The van der Waals surface area contributed by atoms with Crippen molar-refractivity contribution in [3.8, 4) is 5.75 Å². The lowest BCUT2D eigenvalue weighted by molar-refractivity contribution is 0.0971. The number of benzene rings is 1. The number of anilines is 2. The largest absolute Gasteiger partial charge is 0.492 e. The van der Waals surface area contributed by atoms with E-state index in [9.17, 15) is 4.79 Å². The summed E-state index contributed by atoms with van der Waals surface area (Å²) in [6.45, 7) is 9.03. The molecule has 1 amide bonds. The van der Waals surface area contributed by atoms with Crippen LogP contribution in [0.3, 0.4) is 0 Å². The number of rotatable bonds is 19. The fourth-order valence-corrected chi connectivity index (χ4v) is 4.35. The number of nitrogens with zero attached hydrogens (tertiary/aromatic N) is 3. The van der Waals surface area contributed by atoms with Crippen LogP contribution in [0.15, 0.2) is 24.3 Å². The molecule has 2 aromatic rings. The van der Waals surface area contributed by atoms with Crippen molar-refractivity contribution in [1.82, 2.24) is 25.5 Å². The van der Waals surface area contributed by atoms with Crippen molar-refractivity contribution < 1.29 is 9.53 Å². The summed E-state index contributed by atoms with van der Waals surface area (Å²) in [4.78, 5) is 22.4.